The smallest absolute Gasteiger partial charge is 0.0441 e. The van der Waals surface area contributed by atoms with Crippen LogP contribution in [0.3, 0.4) is 0 Å². The van der Waals surface area contributed by atoms with E-state index in [0.717, 1.165) is 17.0 Å². The molecule has 20 heavy (non-hydrogen) atoms. The van der Waals surface area contributed by atoms with E-state index in [1.54, 1.807) is 11.3 Å². The monoisotopic (exact) mass is 301 g/mol. The highest BCUT2D eigenvalue weighted by molar-refractivity contribution is 7.17. The van der Waals surface area contributed by atoms with Crippen molar-refractivity contribution in [1.82, 2.24) is 0 Å². The van der Waals surface area contributed by atoms with E-state index in [2.05, 4.69) is 41.8 Å². The van der Waals surface area contributed by atoms with Crippen molar-refractivity contribution in [2.75, 3.05) is 0 Å². The Morgan fingerprint density at radius 2 is 2.00 bits per heavy atom. The summed E-state index contributed by atoms with van der Waals surface area (Å²) in [5.41, 5.74) is 9.89. The van der Waals surface area contributed by atoms with Crippen LogP contribution in [0.4, 0.5) is 0 Å². The molecule has 0 aliphatic rings. The van der Waals surface area contributed by atoms with Gasteiger partial charge in [-0.3, -0.25) is 0 Å². The normalized spacial score (nSPS) is 12.8. The van der Waals surface area contributed by atoms with Crippen LogP contribution < -0.4 is 5.73 Å². The van der Waals surface area contributed by atoms with Crippen molar-refractivity contribution in [2.24, 2.45) is 5.73 Å². The van der Waals surface area contributed by atoms with Gasteiger partial charge in [0.1, 0.15) is 0 Å². The highest BCUT2D eigenvalue weighted by Crippen LogP contribution is 2.31. The third kappa shape index (κ3) is 2.59. The second kappa shape index (κ2) is 5.57. The van der Waals surface area contributed by atoms with Gasteiger partial charge in [0, 0.05) is 15.8 Å². The third-order valence-corrected chi connectivity index (χ3v) is 4.89. The first-order chi connectivity index (χ1) is 9.65. The van der Waals surface area contributed by atoms with Crippen LogP contribution in [0.2, 0.25) is 5.02 Å². The molecule has 0 fully saturated rings. The van der Waals surface area contributed by atoms with Gasteiger partial charge in [-0.25, -0.2) is 0 Å². The second-order valence-corrected chi connectivity index (χ2v) is 6.41. The average molecular weight is 302 g/mol. The molecule has 2 aromatic carbocycles. The molecule has 0 spiro atoms. The van der Waals surface area contributed by atoms with Gasteiger partial charge in [-0.2, -0.15) is 0 Å². The third-order valence-electron chi connectivity index (χ3n) is 3.56. The highest BCUT2D eigenvalue weighted by Gasteiger charge is 2.13. The first-order valence-corrected chi connectivity index (χ1v) is 7.87. The van der Waals surface area contributed by atoms with Gasteiger partial charge in [-0.1, -0.05) is 41.9 Å². The Morgan fingerprint density at radius 3 is 2.80 bits per heavy atom. The number of benzene rings is 2. The van der Waals surface area contributed by atoms with Crippen LogP contribution in [0, 0.1) is 6.92 Å². The van der Waals surface area contributed by atoms with Gasteiger partial charge in [0.2, 0.25) is 0 Å². The number of aryl methyl sites for hydroxylation is 1. The van der Waals surface area contributed by atoms with Crippen molar-refractivity contribution < 1.29 is 0 Å². The van der Waals surface area contributed by atoms with E-state index in [4.69, 9.17) is 17.3 Å². The summed E-state index contributed by atoms with van der Waals surface area (Å²) in [6, 6.07) is 14.5. The van der Waals surface area contributed by atoms with Crippen molar-refractivity contribution in [2.45, 2.75) is 19.4 Å². The molecule has 1 atom stereocenters. The first-order valence-electron chi connectivity index (χ1n) is 6.62. The molecule has 0 bridgehead atoms. The molecule has 3 aromatic rings. The zero-order chi connectivity index (χ0) is 14.1. The summed E-state index contributed by atoms with van der Waals surface area (Å²) >= 11 is 8.05. The van der Waals surface area contributed by atoms with Crippen LogP contribution in [0.15, 0.2) is 47.8 Å². The predicted octanol–water partition coefficient (Wildman–Crippen LogP) is 5.11. The van der Waals surface area contributed by atoms with Crippen LogP contribution in [0.5, 0.6) is 0 Å². The summed E-state index contributed by atoms with van der Waals surface area (Å²) < 4.78 is 1.29. The second-order valence-electron chi connectivity index (χ2n) is 5.09. The summed E-state index contributed by atoms with van der Waals surface area (Å²) in [6.45, 7) is 2.04. The lowest BCUT2D eigenvalue weighted by atomic mass is 9.98. The highest BCUT2D eigenvalue weighted by atomic mass is 35.5. The summed E-state index contributed by atoms with van der Waals surface area (Å²) in [4.78, 5) is 0. The Balaban J connectivity index is 1.91. The van der Waals surface area contributed by atoms with E-state index in [9.17, 15) is 0 Å². The maximum absolute atomic E-state index is 6.39. The zero-order valence-corrected chi connectivity index (χ0v) is 12.8. The maximum Gasteiger partial charge on any atom is 0.0441 e. The van der Waals surface area contributed by atoms with E-state index in [1.807, 2.05) is 13.0 Å². The summed E-state index contributed by atoms with van der Waals surface area (Å²) in [5.74, 6) is 0. The number of fused-ring (bicyclic) bond motifs is 1. The van der Waals surface area contributed by atoms with Gasteiger partial charge in [-0.05, 0) is 52.9 Å². The molecule has 1 aromatic heterocycles. The number of halogens is 1. The molecule has 0 aliphatic carbocycles. The van der Waals surface area contributed by atoms with Gasteiger partial charge >= 0.3 is 0 Å². The summed E-state index contributed by atoms with van der Waals surface area (Å²) in [5, 5.41) is 4.23. The number of rotatable bonds is 3. The molecule has 3 rings (SSSR count). The van der Waals surface area contributed by atoms with Gasteiger partial charge in [-0.15, -0.1) is 11.3 Å². The quantitative estimate of drug-likeness (QED) is 0.715. The Hall–Kier alpha value is -1.35. The SMILES string of the molecule is Cc1ccc(CC(N)c2csc3ccccc23)c(Cl)c1. The topological polar surface area (TPSA) is 26.0 Å². The van der Waals surface area contributed by atoms with Crippen molar-refractivity contribution in [1.29, 1.82) is 0 Å². The van der Waals surface area contributed by atoms with Crippen LogP contribution in [0.25, 0.3) is 10.1 Å². The van der Waals surface area contributed by atoms with Crippen LogP contribution in [-0.4, -0.2) is 0 Å². The Bertz CT molecular complexity index is 748. The number of thiophene rings is 1. The fraction of sp³-hybridized carbons (Fsp3) is 0.176. The van der Waals surface area contributed by atoms with Crippen LogP contribution >= 0.6 is 22.9 Å². The summed E-state index contributed by atoms with van der Waals surface area (Å²) in [6.07, 6.45) is 0.764. The van der Waals surface area contributed by atoms with E-state index in [1.165, 1.54) is 21.2 Å². The zero-order valence-electron chi connectivity index (χ0n) is 11.3. The molecule has 0 aliphatic heterocycles. The largest absolute Gasteiger partial charge is 0.324 e. The molecule has 0 saturated heterocycles. The molecule has 1 nitrogen and oxygen atoms in total. The van der Waals surface area contributed by atoms with Crippen LogP contribution in [0.1, 0.15) is 22.7 Å². The lowest BCUT2D eigenvalue weighted by Crippen LogP contribution is -2.13. The molecule has 0 saturated carbocycles. The molecule has 2 N–H and O–H groups in total. The average Bonchev–Trinajstić information content (AvgIpc) is 2.86. The van der Waals surface area contributed by atoms with Crippen molar-refractivity contribution >= 4 is 33.0 Å². The lowest BCUT2D eigenvalue weighted by molar-refractivity contribution is 0.730. The lowest BCUT2D eigenvalue weighted by Gasteiger charge is -2.13. The van der Waals surface area contributed by atoms with E-state index in [-0.39, 0.29) is 6.04 Å². The minimum Gasteiger partial charge on any atom is -0.324 e. The molecular weight excluding hydrogens is 286 g/mol. The number of nitrogens with two attached hydrogens (primary N) is 1. The Kier molecular flexibility index (Phi) is 3.79. The minimum absolute atomic E-state index is 0.0219. The van der Waals surface area contributed by atoms with Gasteiger partial charge in [0.25, 0.3) is 0 Å². The van der Waals surface area contributed by atoms with Crippen molar-refractivity contribution in [3.05, 3.63) is 69.6 Å². The van der Waals surface area contributed by atoms with Gasteiger partial charge in [0.15, 0.2) is 0 Å². The maximum atomic E-state index is 6.39. The molecule has 3 heteroatoms. The molecule has 0 amide bonds. The minimum atomic E-state index is -0.0219. The molecule has 0 radical (unpaired) electrons. The standard InChI is InChI=1S/C17H16ClNS/c1-11-6-7-12(15(18)8-11)9-16(19)14-10-20-17-5-3-2-4-13(14)17/h2-8,10,16H,9,19H2,1H3. The molecule has 1 unspecified atom stereocenters. The van der Waals surface area contributed by atoms with E-state index in [0.29, 0.717) is 0 Å². The molecule has 102 valence electrons. The number of hydrogen-bond donors (Lipinski definition) is 1. The van der Waals surface area contributed by atoms with Crippen LogP contribution in [-0.2, 0) is 6.42 Å². The Labute approximate surface area is 128 Å². The predicted molar refractivity (Wildman–Crippen MR) is 88.6 cm³/mol. The van der Waals surface area contributed by atoms with E-state index >= 15 is 0 Å². The Morgan fingerprint density at radius 1 is 1.20 bits per heavy atom. The fourth-order valence-electron chi connectivity index (χ4n) is 2.45. The van der Waals surface area contributed by atoms with E-state index < -0.39 is 0 Å². The molecule has 1 heterocycles. The summed E-state index contributed by atoms with van der Waals surface area (Å²) in [7, 11) is 0. The van der Waals surface area contributed by atoms with Crippen molar-refractivity contribution in [3.63, 3.8) is 0 Å². The van der Waals surface area contributed by atoms with Crippen molar-refractivity contribution in [3.8, 4) is 0 Å². The number of hydrogen-bond acceptors (Lipinski definition) is 2. The molecular formula is C17H16ClNS. The van der Waals surface area contributed by atoms with Gasteiger partial charge < -0.3 is 5.73 Å². The first kappa shape index (κ1) is 13.6. The fourth-order valence-corrected chi connectivity index (χ4v) is 3.79. The van der Waals surface area contributed by atoms with Gasteiger partial charge in [0.05, 0.1) is 0 Å².